The topological polar surface area (TPSA) is 20.2 Å². The Balaban J connectivity index is 2.96. The second-order valence-corrected chi connectivity index (χ2v) is 2.28. The van der Waals surface area contributed by atoms with E-state index in [-0.39, 0.29) is 0 Å². The summed E-state index contributed by atoms with van der Waals surface area (Å²) in [5.41, 5.74) is 0. The molecule has 0 fully saturated rings. The fourth-order valence-corrected chi connectivity index (χ4v) is 0.354. The summed E-state index contributed by atoms with van der Waals surface area (Å²) < 4.78 is 2.06. The molecule has 0 aliphatic heterocycles. The first-order chi connectivity index (χ1) is 2.81. The Kier molecular flexibility index (Phi) is 4.21. The van der Waals surface area contributed by atoms with Crippen molar-refractivity contribution in [2.75, 3.05) is 6.61 Å². The normalized spacial score (nSPS) is 13.7. The van der Waals surface area contributed by atoms with Gasteiger partial charge in [0.25, 0.3) is 0 Å². The van der Waals surface area contributed by atoms with Crippen LogP contribution in [0.3, 0.4) is 0 Å². The number of hydrogen-bond acceptors (Lipinski definition) is 1. The van der Waals surface area contributed by atoms with Crippen molar-refractivity contribution in [1.29, 1.82) is 0 Å². The summed E-state index contributed by atoms with van der Waals surface area (Å²) in [5, 5.41) is 8.32. The van der Waals surface area contributed by atoms with Gasteiger partial charge in [0.2, 0.25) is 0 Å². The minimum absolute atomic E-state index is 0.297. The fourth-order valence-electron chi connectivity index (χ4n) is 0.0527. The van der Waals surface area contributed by atoms with Gasteiger partial charge in [-0.05, 0) is 0 Å². The summed E-state index contributed by atoms with van der Waals surface area (Å²) in [4.78, 5) is 0. The average molecular weight is 191 g/mol. The Morgan fingerprint density at radius 2 is 2.50 bits per heavy atom. The van der Waals surface area contributed by atoms with Crippen LogP contribution in [0.25, 0.3) is 0 Å². The zero-order valence-corrected chi connectivity index (χ0v) is 6.66. The molecule has 0 rings (SSSR count). The predicted molar refractivity (Wildman–Crippen MR) is 28.1 cm³/mol. The summed E-state index contributed by atoms with van der Waals surface area (Å²) in [7, 11) is 0. The molecule has 2 radical (unpaired) electrons. The number of aliphatic hydroxyl groups is 1. The van der Waals surface area contributed by atoms with E-state index in [1.54, 1.807) is 0 Å². The molecule has 0 bridgehead atoms. The molecule has 1 nitrogen and oxygen atoms in total. The molecule has 0 aliphatic rings. The molecule has 0 aliphatic carbocycles. The molecule has 34 valence electrons. The van der Waals surface area contributed by atoms with E-state index in [1.165, 1.54) is 22.1 Å². The average Bonchev–Trinajstić information content (AvgIpc) is 1.65. The number of aliphatic hydroxyl groups excluding tert-OH is 1. The van der Waals surface area contributed by atoms with Gasteiger partial charge in [0.1, 0.15) is 0 Å². The van der Waals surface area contributed by atoms with Crippen LogP contribution in [0.2, 0.25) is 0 Å². The van der Waals surface area contributed by atoms with Crippen molar-refractivity contribution in [3.8, 4) is 0 Å². The van der Waals surface area contributed by atoms with Crippen LogP contribution in [-0.4, -0.2) is 37.8 Å². The van der Waals surface area contributed by atoms with Crippen LogP contribution >= 0.6 is 0 Å². The van der Waals surface area contributed by atoms with Crippen LogP contribution in [0.1, 0.15) is 6.92 Å². The monoisotopic (exact) mass is 192 g/mol. The van der Waals surface area contributed by atoms with Crippen molar-refractivity contribution < 1.29 is 5.11 Å². The number of rotatable bonds is 2. The van der Waals surface area contributed by atoms with Crippen molar-refractivity contribution in [1.82, 2.24) is 0 Å². The molecule has 0 saturated carbocycles. The van der Waals surface area contributed by atoms with E-state index in [0.29, 0.717) is 12.5 Å². The van der Waals surface area contributed by atoms with Gasteiger partial charge in [0, 0.05) is 0 Å². The van der Waals surface area contributed by atoms with Gasteiger partial charge < -0.3 is 0 Å². The fraction of sp³-hybridized carbons (Fsp3) is 0.750. The SMILES string of the molecule is CC([CH]=[Sn])CO. The molecule has 1 unspecified atom stereocenters. The second kappa shape index (κ2) is 3.81. The molecule has 1 atom stereocenters. The predicted octanol–water partition coefficient (Wildman–Crippen LogP) is -0.415. The summed E-state index contributed by atoms with van der Waals surface area (Å²) in [5.74, 6) is 0.406. The van der Waals surface area contributed by atoms with E-state index in [2.05, 4.69) is 4.02 Å². The summed E-state index contributed by atoms with van der Waals surface area (Å²) in [6.45, 7) is 2.29. The summed E-state index contributed by atoms with van der Waals surface area (Å²) in [6.07, 6.45) is 0. The van der Waals surface area contributed by atoms with E-state index in [0.717, 1.165) is 0 Å². The Labute approximate surface area is 50.9 Å². The molecular formula is C4H8OSn. The van der Waals surface area contributed by atoms with Crippen LogP contribution in [-0.2, 0) is 0 Å². The van der Waals surface area contributed by atoms with Crippen LogP contribution in [0.4, 0.5) is 0 Å². The zero-order chi connectivity index (χ0) is 4.99. The Morgan fingerprint density at radius 1 is 2.00 bits per heavy atom. The Bertz CT molecular complexity index is 44.8. The van der Waals surface area contributed by atoms with Gasteiger partial charge in [-0.25, -0.2) is 0 Å². The van der Waals surface area contributed by atoms with E-state index < -0.39 is 0 Å². The van der Waals surface area contributed by atoms with Gasteiger partial charge in [-0.1, -0.05) is 0 Å². The van der Waals surface area contributed by atoms with Gasteiger partial charge in [-0.3, -0.25) is 0 Å². The summed E-state index contributed by atoms with van der Waals surface area (Å²) in [6, 6.07) is 0. The molecule has 1 N–H and O–H groups in total. The van der Waals surface area contributed by atoms with Crippen molar-refractivity contribution in [2.45, 2.75) is 6.92 Å². The van der Waals surface area contributed by atoms with Crippen molar-refractivity contribution in [3.63, 3.8) is 0 Å². The second-order valence-electron chi connectivity index (χ2n) is 1.33. The standard InChI is InChI=1S/C4H8O.Sn/c1-4(2)3-5;/h1,4-5H,3H2,2H3;. The third kappa shape index (κ3) is 2.84. The third-order valence-electron chi connectivity index (χ3n) is 0.573. The third-order valence-corrected chi connectivity index (χ3v) is 2.20. The first-order valence-corrected chi connectivity index (χ1v) is 3.57. The van der Waals surface area contributed by atoms with Gasteiger partial charge in [-0.15, -0.1) is 0 Å². The molecule has 0 spiro atoms. The van der Waals surface area contributed by atoms with Gasteiger partial charge in [0.15, 0.2) is 0 Å². The quantitative estimate of drug-likeness (QED) is 0.587. The van der Waals surface area contributed by atoms with E-state index in [9.17, 15) is 0 Å². The Morgan fingerprint density at radius 3 is 2.50 bits per heavy atom. The van der Waals surface area contributed by atoms with Gasteiger partial charge >= 0.3 is 50.6 Å². The van der Waals surface area contributed by atoms with Crippen molar-refractivity contribution in [2.24, 2.45) is 5.92 Å². The van der Waals surface area contributed by atoms with Crippen molar-refractivity contribution >= 4 is 26.1 Å². The molecule has 0 heterocycles. The van der Waals surface area contributed by atoms with E-state index in [4.69, 9.17) is 5.11 Å². The van der Waals surface area contributed by atoms with Gasteiger partial charge in [0.05, 0.1) is 0 Å². The van der Waals surface area contributed by atoms with Gasteiger partial charge in [-0.2, -0.15) is 0 Å². The maximum absolute atomic E-state index is 8.32. The van der Waals surface area contributed by atoms with Crippen LogP contribution < -0.4 is 0 Å². The molecular weight excluding hydrogens is 183 g/mol. The molecule has 0 aromatic rings. The maximum atomic E-state index is 8.32. The molecule has 0 saturated heterocycles. The molecule has 2 heteroatoms. The first-order valence-electron chi connectivity index (χ1n) is 1.92. The number of hydrogen-bond donors (Lipinski definition) is 1. The zero-order valence-electron chi connectivity index (χ0n) is 3.81. The molecule has 6 heavy (non-hydrogen) atoms. The summed E-state index contributed by atoms with van der Waals surface area (Å²) >= 11 is 1.40. The first kappa shape index (κ1) is 6.63. The van der Waals surface area contributed by atoms with E-state index in [1.807, 2.05) is 6.92 Å². The van der Waals surface area contributed by atoms with Crippen LogP contribution in [0.15, 0.2) is 0 Å². The molecule has 0 aromatic heterocycles. The van der Waals surface area contributed by atoms with Crippen LogP contribution in [0.5, 0.6) is 0 Å². The van der Waals surface area contributed by atoms with E-state index >= 15 is 0 Å². The van der Waals surface area contributed by atoms with Crippen molar-refractivity contribution in [3.05, 3.63) is 0 Å². The molecule has 0 amide bonds. The minimum atomic E-state index is 0.297. The Hall–Kier alpha value is 0.629. The van der Waals surface area contributed by atoms with Crippen LogP contribution in [0, 0.1) is 5.92 Å². The molecule has 0 aromatic carbocycles.